The van der Waals surface area contributed by atoms with E-state index in [4.69, 9.17) is 9.72 Å². The maximum absolute atomic E-state index is 13.5. The van der Waals surface area contributed by atoms with Crippen molar-refractivity contribution in [3.8, 4) is 9.88 Å². The first-order valence-corrected chi connectivity index (χ1v) is 15.6. The number of hydrogen-bond acceptors (Lipinski definition) is 8. The molecule has 4 aromatic rings. The van der Waals surface area contributed by atoms with Gasteiger partial charge >= 0.3 is 6.09 Å². The predicted octanol–water partition coefficient (Wildman–Crippen LogP) is 4.61. The molecule has 0 aliphatic rings. The SMILES string of the molecule is COC(=O)NC(Cc1ccccc1)C(=O)NC(Cc1ccc(NS(C)(=O)=O)cc1)c1csc(-c2cccs2)n1. The van der Waals surface area contributed by atoms with E-state index in [9.17, 15) is 18.0 Å². The lowest BCUT2D eigenvalue weighted by Gasteiger charge is -2.23. The summed E-state index contributed by atoms with van der Waals surface area (Å²) in [6, 6.07) is 18.9. The highest BCUT2D eigenvalue weighted by atomic mass is 32.2. The molecule has 0 fully saturated rings. The van der Waals surface area contributed by atoms with Crippen molar-refractivity contribution in [1.29, 1.82) is 0 Å². The molecular formula is C27H28N4O5S3. The number of sulfonamides is 1. The second-order valence-corrected chi connectivity index (χ2v) is 12.3. The normalized spacial score (nSPS) is 12.8. The van der Waals surface area contributed by atoms with Gasteiger partial charge in [0, 0.05) is 17.5 Å². The Hall–Kier alpha value is -3.74. The van der Waals surface area contributed by atoms with Crippen LogP contribution in [-0.2, 0) is 32.4 Å². The summed E-state index contributed by atoms with van der Waals surface area (Å²) in [6.07, 6.45) is 1.06. The molecule has 2 aromatic heterocycles. The molecule has 0 saturated heterocycles. The van der Waals surface area contributed by atoms with Crippen LogP contribution in [0.4, 0.5) is 10.5 Å². The second kappa shape index (κ2) is 12.9. The van der Waals surface area contributed by atoms with Gasteiger partial charge in [-0.2, -0.15) is 0 Å². The summed E-state index contributed by atoms with van der Waals surface area (Å²) < 4.78 is 30.3. The fraction of sp³-hybridized carbons (Fsp3) is 0.222. The van der Waals surface area contributed by atoms with E-state index >= 15 is 0 Å². The molecule has 2 amide bonds. The number of ether oxygens (including phenoxy) is 1. The van der Waals surface area contributed by atoms with Crippen LogP contribution in [0, 0.1) is 0 Å². The first-order chi connectivity index (χ1) is 18.7. The number of thiazole rings is 1. The molecule has 2 atom stereocenters. The number of nitrogens with zero attached hydrogens (tertiary/aromatic N) is 1. The van der Waals surface area contributed by atoms with Crippen LogP contribution in [0.2, 0.25) is 0 Å². The number of aromatic nitrogens is 1. The maximum atomic E-state index is 13.5. The van der Waals surface area contributed by atoms with Crippen molar-refractivity contribution in [1.82, 2.24) is 15.6 Å². The minimum Gasteiger partial charge on any atom is -0.453 e. The first kappa shape index (κ1) is 28.3. The molecule has 0 aliphatic heterocycles. The zero-order chi connectivity index (χ0) is 27.8. The number of anilines is 1. The lowest BCUT2D eigenvalue weighted by Crippen LogP contribution is -2.49. The van der Waals surface area contributed by atoms with Crippen LogP contribution in [0.15, 0.2) is 77.5 Å². The minimum atomic E-state index is -3.40. The number of methoxy groups -OCH3 is 1. The van der Waals surface area contributed by atoms with Crippen LogP contribution in [0.3, 0.4) is 0 Å². The summed E-state index contributed by atoms with van der Waals surface area (Å²) in [7, 11) is -2.15. The zero-order valence-corrected chi connectivity index (χ0v) is 23.7. The van der Waals surface area contributed by atoms with Gasteiger partial charge in [0.05, 0.1) is 30.0 Å². The highest BCUT2D eigenvalue weighted by Gasteiger charge is 2.26. The van der Waals surface area contributed by atoms with Crippen molar-refractivity contribution in [2.45, 2.75) is 24.9 Å². The summed E-state index contributed by atoms with van der Waals surface area (Å²) in [6.45, 7) is 0. The van der Waals surface area contributed by atoms with Crippen LogP contribution in [0.25, 0.3) is 9.88 Å². The number of amides is 2. The summed E-state index contributed by atoms with van der Waals surface area (Å²) in [5, 5.41) is 10.5. The summed E-state index contributed by atoms with van der Waals surface area (Å²) in [5.74, 6) is -0.379. The Kier molecular flexibility index (Phi) is 9.33. The molecule has 0 aliphatic carbocycles. The zero-order valence-electron chi connectivity index (χ0n) is 21.3. The molecule has 0 spiro atoms. The summed E-state index contributed by atoms with van der Waals surface area (Å²) in [4.78, 5) is 31.4. The van der Waals surface area contributed by atoms with Crippen LogP contribution in [-0.4, -0.2) is 44.8 Å². The molecule has 0 saturated carbocycles. The number of nitrogens with one attached hydrogen (secondary N) is 3. The first-order valence-electron chi connectivity index (χ1n) is 11.9. The van der Waals surface area contributed by atoms with Crippen LogP contribution in [0.5, 0.6) is 0 Å². The molecular weight excluding hydrogens is 557 g/mol. The van der Waals surface area contributed by atoms with Crippen LogP contribution in [0.1, 0.15) is 22.9 Å². The van der Waals surface area contributed by atoms with Gasteiger partial charge in [0.25, 0.3) is 0 Å². The van der Waals surface area contributed by atoms with Gasteiger partial charge < -0.3 is 15.4 Å². The van der Waals surface area contributed by atoms with E-state index in [0.29, 0.717) is 17.8 Å². The van der Waals surface area contributed by atoms with Gasteiger partial charge in [-0.15, -0.1) is 22.7 Å². The van der Waals surface area contributed by atoms with Gasteiger partial charge in [0.2, 0.25) is 15.9 Å². The van der Waals surface area contributed by atoms with E-state index < -0.39 is 28.2 Å². The Morgan fingerprint density at radius 1 is 0.923 bits per heavy atom. The average molecular weight is 585 g/mol. The van der Waals surface area contributed by atoms with Gasteiger partial charge in [0.1, 0.15) is 11.0 Å². The van der Waals surface area contributed by atoms with E-state index in [2.05, 4.69) is 15.4 Å². The van der Waals surface area contributed by atoms with Crippen molar-refractivity contribution in [3.63, 3.8) is 0 Å². The quantitative estimate of drug-likeness (QED) is 0.236. The van der Waals surface area contributed by atoms with Gasteiger partial charge in [-0.25, -0.2) is 18.2 Å². The molecule has 2 aromatic carbocycles. The van der Waals surface area contributed by atoms with E-state index in [1.165, 1.54) is 18.4 Å². The molecule has 0 bridgehead atoms. The van der Waals surface area contributed by atoms with Crippen LogP contribution < -0.4 is 15.4 Å². The Labute approximate surface area is 235 Å². The largest absolute Gasteiger partial charge is 0.453 e. The molecule has 9 nitrogen and oxygen atoms in total. The fourth-order valence-corrected chi connectivity index (χ4v) is 6.13. The number of carbonyl (C=O) groups excluding carboxylic acids is 2. The van der Waals surface area contributed by atoms with E-state index in [1.54, 1.807) is 35.6 Å². The molecule has 12 heteroatoms. The summed E-state index contributed by atoms with van der Waals surface area (Å²) >= 11 is 3.07. The van der Waals surface area contributed by atoms with Gasteiger partial charge in [0.15, 0.2) is 0 Å². The van der Waals surface area contributed by atoms with E-state index in [-0.39, 0.29) is 12.3 Å². The van der Waals surface area contributed by atoms with Gasteiger partial charge in [-0.1, -0.05) is 48.5 Å². The third kappa shape index (κ3) is 8.37. The van der Waals surface area contributed by atoms with Gasteiger partial charge in [-0.3, -0.25) is 9.52 Å². The Bertz CT molecular complexity index is 1490. The number of alkyl carbamates (subject to hydrolysis) is 1. The van der Waals surface area contributed by atoms with E-state index in [1.807, 2.05) is 53.2 Å². The van der Waals surface area contributed by atoms with E-state index in [0.717, 1.165) is 27.3 Å². The Balaban J connectivity index is 1.59. The second-order valence-electron chi connectivity index (χ2n) is 8.77. The highest BCUT2D eigenvalue weighted by Crippen LogP contribution is 2.31. The standard InChI is InChI=1S/C27H28N4O5S3/c1-36-27(33)30-22(16-18-7-4-3-5-8-18)25(32)28-21(23-17-38-26(29-23)24-9-6-14-37-24)15-19-10-12-20(13-11-19)31-39(2,34)35/h3-14,17,21-22,31H,15-16H2,1-2H3,(H,28,32)(H,30,33). The fourth-order valence-electron chi connectivity index (χ4n) is 3.88. The lowest BCUT2D eigenvalue weighted by atomic mass is 10.0. The molecule has 2 unspecified atom stereocenters. The Morgan fingerprint density at radius 3 is 2.28 bits per heavy atom. The van der Waals surface area contributed by atoms with Crippen molar-refractivity contribution < 1.29 is 22.7 Å². The third-order valence-electron chi connectivity index (χ3n) is 5.70. The molecule has 204 valence electrons. The van der Waals surface area contributed by atoms with Crippen LogP contribution >= 0.6 is 22.7 Å². The van der Waals surface area contributed by atoms with Crippen molar-refractivity contribution in [3.05, 3.63) is 94.3 Å². The number of thiophene rings is 1. The number of rotatable bonds is 11. The molecule has 0 radical (unpaired) electrons. The molecule has 3 N–H and O–H groups in total. The third-order valence-corrected chi connectivity index (χ3v) is 8.21. The average Bonchev–Trinajstić information content (AvgIpc) is 3.61. The molecule has 39 heavy (non-hydrogen) atoms. The minimum absolute atomic E-state index is 0.276. The summed E-state index contributed by atoms with van der Waals surface area (Å²) in [5.41, 5.74) is 2.88. The highest BCUT2D eigenvalue weighted by molar-refractivity contribution is 7.92. The van der Waals surface area contributed by atoms with Crippen molar-refractivity contribution in [2.75, 3.05) is 18.1 Å². The monoisotopic (exact) mass is 584 g/mol. The number of hydrogen-bond donors (Lipinski definition) is 3. The van der Waals surface area contributed by atoms with Crippen molar-refractivity contribution >= 4 is 50.4 Å². The topological polar surface area (TPSA) is 126 Å². The number of carbonyl (C=O) groups is 2. The van der Waals surface area contributed by atoms with Crippen molar-refractivity contribution in [2.24, 2.45) is 0 Å². The maximum Gasteiger partial charge on any atom is 0.407 e. The molecule has 4 rings (SSSR count). The van der Waals surface area contributed by atoms with Gasteiger partial charge in [-0.05, 0) is 41.1 Å². The predicted molar refractivity (Wildman–Crippen MR) is 154 cm³/mol. The lowest BCUT2D eigenvalue weighted by molar-refractivity contribution is -0.123. The number of benzene rings is 2. The Morgan fingerprint density at radius 2 is 1.64 bits per heavy atom. The smallest absolute Gasteiger partial charge is 0.407 e. The molecule has 2 heterocycles.